The van der Waals surface area contributed by atoms with Gasteiger partial charge >= 0.3 is 0 Å². The fourth-order valence-corrected chi connectivity index (χ4v) is 3.22. The zero-order valence-corrected chi connectivity index (χ0v) is 10.9. The van der Waals surface area contributed by atoms with Gasteiger partial charge in [-0.05, 0) is 38.0 Å². The van der Waals surface area contributed by atoms with Crippen molar-refractivity contribution in [1.82, 2.24) is 9.36 Å². The monoisotopic (exact) mass is 252 g/mol. The topological polar surface area (TPSA) is 63.8 Å². The maximum atomic E-state index is 5.99. The van der Waals surface area contributed by atoms with Gasteiger partial charge in [0, 0.05) is 30.0 Å². The van der Waals surface area contributed by atoms with Crippen molar-refractivity contribution in [1.29, 1.82) is 0 Å². The number of hydrogen-bond acceptors (Lipinski definition) is 5. The third-order valence-electron chi connectivity index (χ3n) is 3.75. The molecular formula is C12H20N4S. The van der Waals surface area contributed by atoms with E-state index in [0.29, 0.717) is 17.9 Å². The zero-order chi connectivity index (χ0) is 11.7. The Kier molecular flexibility index (Phi) is 3.29. The molecule has 5 heteroatoms. The SMILES string of the molecule is NC1CCCC(CNc2nc(C3CC3)ns2)C1. The maximum absolute atomic E-state index is 5.99. The van der Waals surface area contributed by atoms with Gasteiger partial charge in [-0.25, -0.2) is 4.98 Å². The lowest BCUT2D eigenvalue weighted by Crippen LogP contribution is -2.30. The lowest BCUT2D eigenvalue weighted by molar-refractivity contribution is 0.335. The van der Waals surface area contributed by atoms with E-state index in [1.807, 2.05) is 0 Å². The fourth-order valence-electron chi connectivity index (χ4n) is 2.56. The summed E-state index contributed by atoms with van der Waals surface area (Å²) in [7, 11) is 0. The van der Waals surface area contributed by atoms with Crippen molar-refractivity contribution < 1.29 is 0 Å². The van der Waals surface area contributed by atoms with Crippen LogP contribution in [-0.4, -0.2) is 21.9 Å². The second-order valence-corrected chi connectivity index (χ2v) is 6.16. The van der Waals surface area contributed by atoms with Crippen LogP contribution in [0.15, 0.2) is 0 Å². The van der Waals surface area contributed by atoms with Crippen molar-refractivity contribution in [2.75, 3.05) is 11.9 Å². The fraction of sp³-hybridized carbons (Fsp3) is 0.833. The molecule has 4 nitrogen and oxygen atoms in total. The third kappa shape index (κ3) is 2.96. The molecule has 2 unspecified atom stereocenters. The minimum atomic E-state index is 0.409. The summed E-state index contributed by atoms with van der Waals surface area (Å²) >= 11 is 1.50. The molecule has 1 heterocycles. The summed E-state index contributed by atoms with van der Waals surface area (Å²) in [6.45, 7) is 1.01. The zero-order valence-electron chi connectivity index (χ0n) is 10.1. The second kappa shape index (κ2) is 4.90. The molecule has 0 radical (unpaired) electrons. The standard InChI is InChI=1S/C12H20N4S/c13-10-3-1-2-8(6-10)7-14-12-15-11(16-17-12)9-4-5-9/h8-10H,1-7,13H2,(H,14,15,16). The number of anilines is 1. The molecular weight excluding hydrogens is 232 g/mol. The summed E-state index contributed by atoms with van der Waals surface area (Å²) in [5.74, 6) is 2.43. The van der Waals surface area contributed by atoms with Crippen molar-refractivity contribution in [3.8, 4) is 0 Å². The third-order valence-corrected chi connectivity index (χ3v) is 4.44. The van der Waals surface area contributed by atoms with E-state index in [1.165, 1.54) is 43.6 Å². The van der Waals surface area contributed by atoms with E-state index in [0.717, 1.165) is 23.9 Å². The van der Waals surface area contributed by atoms with E-state index in [9.17, 15) is 0 Å². The van der Waals surface area contributed by atoms with E-state index in [4.69, 9.17) is 5.73 Å². The van der Waals surface area contributed by atoms with Crippen molar-refractivity contribution >= 4 is 16.7 Å². The van der Waals surface area contributed by atoms with Crippen LogP contribution < -0.4 is 11.1 Å². The Morgan fingerprint density at radius 1 is 1.29 bits per heavy atom. The van der Waals surface area contributed by atoms with E-state index in [1.54, 1.807) is 0 Å². The molecule has 17 heavy (non-hydrogen) atoms. The minimum Gasteiger partial charge on any atom is -0.360 e. The van der Waals surface area contributed by atoms with Crippen molar-refractivity contribution in [2.45, 2.75) is 50.5 Å². The van der Waals surface area contributed by atoms with Gasteiger partial charge in [-0.1, -0.05) is 6.42 Å². The highest BCUT2D eigenvalue weighted by molar-refractivity contribution is 7.09. The molecule has 2 atom stereocenters. The van der Waals surface area contributed by atoms with Crippen LogP contribution in [0, 0.1) is 5.92 Å². The Morgan fingerprint density at radius 2 is 2.18 bits per heavy atom. The first kappa shape index (κ1) is 11.4. The van der Waals surface area contributed by atoms with Crippen LogP contribution in [0.25, 0.3) is 0 Å². The molecule has 94 valence electrons. The van der Waals surface area contributed by atoms with Gasteiger partial charge in [-0.3, -0.25) is 0 Å². The van der Waals surface area contributed by atoms with E-state index in [-0.39, 0.29) is 0 Å². The van der Waals surface area contributed by atoms with Gasteiger partial charge in [-0.15, -0.1) is 0 Å². The van der Waals surface area contributed by atoms with Crippen LogP contribution in [0.4, 0.5) is 5.13 Å². The van der Waals surface area contributed by atoms with Crippen LogP contribution in [0.1, 0.15) is 50.3 Å². The molecule has 3 N–H and O–H groups in total. The number of nitrogens with one attached hydrogen (secondary N) is 1. The molecule has 2 aliphatic rings. The molecule has 2 aliphatic carbocycles. The number of nitrogens with zero attached hydrogens (tertiary/aromatic N) is 2. The van der Waals surface area contributed by atoms with Crippen molar-refractivity contribution in [3.63, 3.8) is 0 Å². The van der Waals surface area contributed by atoms with Crippen LogP contribution in [0.5, 0.6) is 0 Å². The molecule has 2 fully saturated rings. The van der Waals surface area contributed by atoms with E-state index < -0.39 is 0 Å². The highest BCUT2D eigenvalue weighted by Crippen LogP contribution is 2.39. The Morgan fingerprint density at radius 3 is 2.94 bits per heavy atom. The Labute approximate surface area is 106 Å². The second-order valence-electron chi connectivity index (χ2n) is 5.41. The summed E-state index contributed by atoms with van der Waals surface area (Å²) in [6.07, 6.45) is 7.47. The summed E-state index contributed by atoms with van der Waals surface area (Å²) in [6, 6.07) is 0.409. The molecule has 0 aromatic carbocycles. The first-order valence-electron chi connectivity index (χ1n) is 6.64. The number of aromatic nitrogens is 2. The number of hydrogen-bond donors (Lipinski definition) is 2. The molecule has 2 saturated carbocycles. The lowest BCUT2D eigenvalue weighted by atomic mass is 9.86. The molecule has 0 bridgehead atoms. The molecule has 1 aromatic rings. The van der Waals surface area contributed by atoms with Crippen LogP contribution in [-0.2, 0) is 0 Å². The maximum Gasteiger partial charge on any atom is 0.202 e. The first-order valence-corrected chi connectivity index (χ1v) is 7.41. The molecule has 3 rings (SSSR count). The van der Waals surface area contributed by atoms with Gasteiger partial charge in [0.1, 0.15) is 5.82 Å². The van der Waals surface area contributed by atoms with Gasteiger partial charge in [0.2, 0.25) is 5.13 Å². The highest BCUT2D eigenvalue weighted by atomic mass is 32.1. The lowest BCUT2D eigenvalue weighted by Gasteiger charge is -2.26. The minimum absolute atomic E-state index is 0.409. The number of rotatable bonds is 4. The normalized spacial score (nSPS) is 29.2. The van der Waals surface area contributed by atoms with Crippen LogP contribution in [0.2, 0.25) is 0 Å². The summed E-state index contributed by atoms with van der Waals surface area (Å²) in [5, 5.41) is 4.42. The molecule has 0 aliphatic heterocycles. The number of nitrogens with two attached hydrogens (primary N) is 1. The predicted molar refractivity (Wildman–Crippen MR) is 70.3 cm³/mol. The summed E-state index contributed by atoms with van der Waals surface area (Å²) in [5.41, 5.74) is 5.99. The summed E-state index contributed by atoms with van der Waals surface area (Å²) < 4.78 is 4.40. The van der Waals surface area contributed by atoms with Gasteiger partial charge in [0.05, 0.1) is 0 Å². The average Bonchev–Trinajstić information content (AvgIpc) is 3.07. The average molecular weight is 252 g/mol. The van der Waals surface area contributed by atoms with Crippen LogP contribution in [0.3, 0.4) is 0 Å². The van der Waals surface area contributed by atoms with E-state index in [2.05, 4.69) is 14.7 Å². The molecule has 0 spiro atoms. The predicted octanol–water partition coefficient (Wildman–Crippen LogP) is 2.34. The van der Waals surface area contributed by atoms with Crippen molar-refractivity contribution in [2.24, 2.45) is 11.7 Å². The largest absolute Gasteiger partial charge is 0.360 e. The molecule has 0 amide bonds. The quantitative estimate of drug-likeness (QED) is 0.863. The summed E-state index contributed by atoms with van der Waals surface area (Å²) in [4.78, 5) is 4.54. The van der Waals surface area contributed by atoms with E-state index >= 15 is 0 Å². The van der Waals surface area contributed by atoms with Crippen LogP contribution >= 0.6 is 11.5 Å². The van der Waals surface area contributed by atoms with Gasteiger partial charge in [-0.2, -0.15) is 4.37 Å². The molecule has 0 saturated heterocycles. The van der Waals surface area contributed by atoms with Crippen molar-refractivity contribution in [3.05, 3.63) is 5.82 Å². The van der Waals surface area contributed by atoms with Gasteiger partial charge in [0.25, 0.3) is 0 Å². The Balaban J connectivity index is 1.49. The Hall–Kier alpha value is -0.680. The van der Waals surface area contributed by atoms with Gasteiger partial charge < -0.3 is 11.1 Å². The highest BCUT2D eigenvalue weighted by Gasteiger charge is 2.28. The molecule has 1 aromatic heterocycles. The Bertz CT molecular complexity index is 374. The van der Waals surface area contributed by atoms with Gasteiger partial charge in [0.15, 0.2) is 0 Å². The smallest absolute Gasteiger partial charge is 0.202 e. The first-order chi connectivity index (χ1) is 8.31.